The Morgan fingerprint density at radius 1 is 1.22 bits per heavy atom. The van der Waals surface area contributed by atoms with E-state index < -0.39 is 17.1 Å². The Morgan fingerprint density at radius 2 is 1.87 bits per heavy atom. The maximum atomic E-state index is 12.9. The van der Waals surface area contributed by atoms with Crippen molar-refractivity contribution in [3.8, 4) is 0 Å². The van der Waals surface area contributed by atoms with Gasteiger partial charge in [-0.1, -0.05) is 24.3 Å². The maximum Gasteiger partial charge on any atom is 0.412 e. The Balaban J connectivity index is 1.89. The van der Waals surface area contributed by atoms with Crippen molar-refractivity contribution in [3.05, 3.63) is 35.4 Å². The van der Waals surface area contributed by atoms with Crippen molar-refractivity contribution in [3.63, 3.8) is 0 Å². The molecule has 5 nitrogen and oxygen atoms in total. The zero-order valence-electron chi connectivity index (χ0n) is 13.5. The summed E-state index contributed by atoms with van der Waals surface area (Å²) >= 11 is 4.25. The highest BCUT2D eigenvalue weighted by Gasteiger charge is 2.42. The molecule has 1 unspecified atom stereocenters. The van der Waals surface area contributed by atoms with Gasteiger partial charge in [0.15, 0.2) is 4.93 Å². The molecule has 124 valence electrons. The highest BCUT2D eigenvalue weighted by atomic mass is 32.1. The molecule has 1 aromatic rings. The van der Waals surface area contributed by atoms with Crippen LogP contribution in [0.4, 0.5) is 4.79 Å². The molecule has 0 bridgehead atoms. The summed E-state index contributed by atoms with van der Waals surface area (Å²) in [7, 11) is 0. The summed E-state index contributed by atoms with van der Waals surface area (Å²) in [4.78, 5) is 28.0. The molecular formula is C17H22N2O3S. The molecule has 23 heavy (non-hydrogen) atoms. The van der Waals surface area contributed by atoms with Crippen molar-refractivity contribution in [1.82, 2.24) is 9.80 Å². The van der Waals surface area contributed by atoms with Gasteiger partial charge in [-0.05, 0) is 37.8 Å². The fourth-order valence-corrected chi connectivity index (χ4v) is 3.28. The summed E-state index contributed by atoms with van der Waals surface area (Å²) in [6, 6.07) is 7.12. The summed E-state index contributed by atoms with van der Waals surface area (Å²) in [5, 5.41) is 0. The molecule has 1 saturated heterocycles. The lowest BCUT2D eigenvalue weighted by molar-refractivity contribution is -0.135. The Kier molecular flexibility index (Phi) is 4.27. The first kappa shape index (κ1) is 16.2. The Hall–Kier alpha value is -1.69. The average Bonchev–Trinajstić information content (AvgIpc) is 3.12. The molecule has 0 saturated carbocycles. The molecule has 0 radical (unpaired) electrons. The minimum atomic E-state index is -0.882. The highest BCUT2D eigenvalue weighted by molar-refractivity contribution is 7.81. The number of rotatable bonds is 2. The molecule has 2 aliphatic rings. The number of hydrogen-bond donors (Lipinski definition) is 1. The summed E-state index contributed by atoms with van der Waals surface area (Å²) < 4.78 is 5.38. The fourth-order valence-electron chi connectivity index (χ4n) is 3.21. The second kappa shape index (κ2) is 6.07. The SMILES string of the molecule is CC(C)(S)OC(=O)N1Cc2ccccc2C1C(=O)N1CCCC1. The van der Waals surface area contributed by atoms with E-state index in [-0.39, 0.29) is 5.91 Å². The van der Waals surface area contributed by atoms with Crippen molar-refractivity contribution >= 4 is 24.6 Å². The summed E-state index contributed by atoms with van der Waals surface area (Å²) in [6.45, 7) is 5.32. The fraction of sp³-hybridized carbons (Fsp3) is 0.529. The normalized spacial score (nSPS) is 20.6. The van der Waals surface area contributed by atoms with Crippen molar-refractivity contribution in [2.24, 2.45) is 0 Å². The minimum absolute atomic E-state index is 0.0126. The number of fused-ring (bicyclic) bond motifs is 1. The average molecular weight is 334 g/mol. The van der Waals surface area contributed by atoms with Crippen molar-refractivity contribution < 1.29 is 14.3 Å². The predicted octanol–water partition coefficient (Wildman–Crippen LogP) is 2.97. The summed E-state index contributed by atoms with van der Waals surface area (Å²) in [5.74, 6) is -0.0126. The Morgan fingerprint density at radius 3 is 2.52 bits per heavy atom. The van der Waals surface area contributed by atoms with Gasteiger partial charge in [0.05, 0.1) is 6.54 Å². The van der Waals surface area contributed by atoms with Crippen LogP contribution in [0.15, 0.2) is 24.3 Å². The van der Waals surface area contributed by atoms with Crippen LogP contribution in [0.3, 0.4) is 0 Å². The lowest BCUT2D eigenvalue weighted by atomic mass is 10.0. The van der Waals surface area contributed by atoms with Gasteiger partial charge in [0.25, 0.3) is 0 Å². The number of carbonyl (C=O) groups is 2. The van der Waals surface area contributed by atoms with Crippen molar-refractivity contribution in [2.45, 2.75) is 44.2 Å². The van der Waals surface area contributed by atoms with E-state index in [1.54, 1.807) is 13.8 Å². The van der Waals surface area contributed by atoms with E-state index in [0.29, 0.717) is 6.54 Å². The second-order valence-electron chi connectivity index (χ2n) is 6.58. The van der Waals surface area contributed by atoms with Gasteiger partial charge in [-0.15, -0.1) is 12.6 Å². The third-order valence-electron chi connectivity index (χ3n) is 4.23. The van der Waals surface area contributed by atoms with Crippen LogP contribution in [0, 0.1) is 0 Å². The number of benzene rings is 1. The van der Waals surface area contributed by atoms with Gasteiger partial charge in [-0.3, -0.25) is 9.69 Å². The van der Waals surface area contributed by atoms with E-state index in [2.05, 4.69) is 12.6 Å². The number of hydrogen-bond acceptors (Lipinski definition) is 4. The Bertz CT molecular complexity index is 621. The monoisotopic (exact) mass is 334 g/mol. The largest absolute Gasteiger partial charge is 0.433 e. The molecule has 0 N–H and O–H groups in total. The van der Waals surface area contributed by atoms with E-state index in [1.807, 2.05) is 29.2 Å². The van der Waals surface area contributed by atoms with Gasteiger partial charge in [-0.25, -0.2) is 4.79 Å². The van der Waals surface area contributed by atoms with E-state index in [0.717, 1.165) is 37.1 Å². The molecule has 0 aliphatic carbocycles. The first-order valence-corrected chi connectivity index (χ1v) is 8.40. The standard InChI is InChI=1S/C17H22N2O3S/c1-17(2,23)22-16(21)19-11-12-7-3-4-8-13(12)14(19)15(20)18-9-5-6-10-18/h3-4,7-8,14,23H,5-6,9-11H2,1-2H3. The molecule has 6 heteroatoms. The van der Waals surface area contributed by atoms with Crippen LogP contribution in [0.2, 0.25) is 0 Å². The molecule has 3 rings (SSSR count). The zero-order chi connectivity index (χ0) is 16.6. The van der Waals surface area contributed by atoms with Gasteiger partial charge in [-0.2, -0.15) is 0 Å². The predicted molar refractivity (Wildman–Crippen MR) is 90.1 cm³/mol. The van der Waals surface area contributed by atoms with Gasteiger partial charge in [0, 0.05) is 13.1 Å². The number of amides is 2. The molecule has 1 fully saturated rings. The minimum Gasteiger partial charge on any atom is -0.433 e. The first-order valence-electron chi connectivity index (χ1n) is 7.95. The van der Waals surface area contributed by atoms with Crippen LogP contribution in [-0.4, -0.2) is 39.8 Å². The van der Waals surface area contributed by atoms with E-state index >= 15 is 0 Å². The number of thiol groups is 1. The quantitative estimate of drug-likeness (QED) is 0.668. The Labute approximate surface area is 142 Å². The number of nitrogens with zero attached hydrogens (tertiary/aromatic N) is 2. The van der Waals surface area contributed by atoms with Crippen LogP contribution < -0.4 is 0 Å². The molecule has 0 spiro atoms. The maximum absolute atomic E-state index is 12.9. The molecule has 2 amide bonds. The van der Waals surface area contributed by atoms with Crippen LogP contribution in [-0.2, 0) is 16.1 Å². The lowest BCUT2D eigenvalue weighted by Gasteiger charge is -2.30. The molecule has 1 atom stereocenters. The van der Waals surface area contributed by atoms with E-state index in [1.165, 1.54) is 4.90 Å². The van der Waals surface area contributed by atoms with E-state index in [4.69, 9.17) is 4.74 Å². The number of ether oxygens (including phenoxy) is 1. The van der Waals surface area contributed by atoms with Crippen molar-refractivity contribution in [1.29, 1.82) is 0 Å². The molecular weight excluding hydrogens is 312 g/mol. The van der Waals surface area contributed by atoms with Gasteiger partial charge in [0.2, 0.25) is 5.91 Å². The molecule has 2 aliphatic heterocycles. The van der Waals surface area contributed by atoms with Gasteiger partial charge < -0.3 is 9.64 Å². The highest BCUT2D eigenvalue weighted by Crippen LogP contribution is 2.36. The van der Waals surface area contributed by atoms with Gasteiger partial charge >= 0.3 is 6.09 Å². The van der Waals surface area contributed by atoms with Crippen LogP contribution >= 0.6 is 12.6 Å². The van der Waals surface area contributed by atoms with Crippen LogP contribution in [0.25, 0.3) is 0 Å². The first-order chi connectivity index (χ1) is 10.9. The summed E-state index contributed by atoms with van der Waals surface area (Å²) in [6.07, 6.45) is 1.54. The van der Waals surface area contributed by atoms with Crippen molar-refractivity contribution in [2.75, 3.05) is 13.1 Å². The van der Waals surface area contributed by atoms with Crippen LogP contribution in [0.5, 0.6) is 0 Å². The lowest BCUT2D eigenvalue weighted by Crippen LogP contribution is -2.42. The molecule has 2 heterocycles. The summed E-state index contributed by atoms with van der Waals surface area (Å²) in [5.41, 5.74) is 1.90. The second-order valence-corrected chi connectivity index (χ2v) is 7.65. The van der Waals surface area contributed by atoms with Gasteiger partial charge in [0.1, 0.15) is 6.04 Å². The molecule has 1 aromatic carbocycles. The smallest absolute Gasteiger partial charge is 0.412 e. The van der Waals surface area contributed by atoms with E-state index in [9.17, 15) is 9.59 Å². The third-order valence-corrected chi connectivity index (χ3v) is 4.32. The topological polar surface area (TPSA) is 49.9 Å². The third kappa shape index (κ3) is 3.32. The molecule has 0 aromatic heterocycles. The number of carbonyl (C=O) groups excluding carboxylic acids is 2. The number of likely N-dealkylation sites (tertiary alicyclic amines) is 1. The zero-order valence-corrected chi connectivity index (χ0v) is 14.4. The van der Waals surface area contributed by atoms with Crippen LogP contribution in [0.1, 0.15) is 43.9 Å².